The number of benzene rings is 1. The lowest BCUT2D eigenvalue weighted by molar-refractivity contribution is -0.137. The number of halogens is 3. The number of rotatable bonds is 6. The van der Waals surface area contributed by atoms with E-state index in [2.05, 4.69) is 14.7 Å². The zero-order valence-electron chi connectivity index (χ0n) is 13.8. The predicted octanol–water partition coefficient (Wildman–Crippen LogP) is 3.84. The van der Waals surface area contributed by atoms with Crippen molar-refractivity contribution in [2.45, 2.75) is 18.5 Å². The molecule has 0 atom stereocenters. The molecule has 1 aromatic carbocycles. The van der Waals surface area contributed by atoms with Crippen molar-refractivity contribution in [1.82, 2.24) is 14.7 Å². The minimum atomic E-state index is -4.53. The molecule has 0 amide bonds. The Bertz CT molecular complexity index is 1020. The number of nitrogens with zero attached hydrogens (tertiary/aromatic N) is 2. The Morgan fingerprint density at radius 1 is 1.11 bits per heavy atom. The molecule has 0 aliphatic heterocycles. The molecule has 0 radical (unpaired) electrons. The maximum atomic E-state index is 12.8. The van der Waals surface area contributed by atoms with Gasteiger partial charge in [0.15, 0.2) is 0 Å². The molecule has 5 nitrogen and oxygen atoms in total. The molecular formula is C17H14F3N3O2S2. The van der Waals surface area contributed by atoms with Crippen LogP contribution in [0.4, 0.5) is 13.2 Å². The smallest absolute Gasteiger partial charge is 0.256 e. The Labute approximate surface area is 158 Å². The van der Waals surface area contributed by atoms with Crippen LogP contribution in [0.2, 0.25) is 0 Å². The zero-order valence-corrected chi connectivity index (χ0v) is 15.4. The van der Waals surface area contributed by atoms with E-state index in [-0.39, 0.29) is 12.1 Å². The van der Waals surface area contributed by atoms with Crippen LogP contribution in [-0.2, 0) is 28.5 Å². The van der Waals surface area contributed by atoms with E-state index in [1.807, 2.05) is 16.8 Å². The summed E-state index contributed by atoms with van der Waals surface area (Å²) in [7, 11) is -3.86. The van der Waals surface area contributed by atoms with Crippen molar-refractivity contribution in [3.05, 3.63) is 70.3 Å². The van der Waals surface area contributed by atoms with Gasteiger partial charge in [0.25, 0.3) is 0 Å². The Balaban J connectivity index is 1.74. The van der Waals surface area contributed by atoms with E-state index in [1.54, 1.807) is 0 Å². The van der Waals surface area contributed by atoms with Gasteiger partial charge in [-0.1, -0.05) is 18.2 Å². The van der Waals surface area contributed by atoms with Crippen LogP contribution in [0.1, 0.15) is 16.8 Å². The van der Waals surface area contributed by atoms with Crippen LogP contribution in [0.25, 0.3) is 11.3 Å². The highest BCUT2D eigenvalue weighted by atomic mass is 32.2. The molecule has 0 spiro atoms. The first-order valence-corrected chi connectivity index (χ1v) is 10.3. The number of sulfonamides is 1. The molecular weight excluding hydrogens is 399 g/mol. The molecule has 0 bridgehead atoms. The lowest BCUT2D eigenvalue weighted by atomic mass is 10.1. The first-order chi connectivity index (χ1) is 12.7. The molecule has 0 saturated carbocycles. The van der Waals surface area contributed by atoms with Gasteiger partial charge in [-0.2, -0.15) is 24.5 Å². The maximum Gasteiger partial charge on any atom is 0.416 e. The quantitative estimate of drug-likeness (QED) is 0.667. The fourth-order valence-electron chi connectivity index (χ4n) is 2.42. The Kier molecular flexibility index (Phi) is 5.59. The van der Waals surface area contributed by atoms with Crippen molar-refractivity contribution in [2.24, 2.45) is 0 Å². The van der Waals surface area contributed by atoms with E-state index in [1.165, 1.54) is 35.9 Å². The minimum Gasteiger partial charge on any atom is -0.256 e. The van der Waals surface area contributed by atoms with Gasteiger partial charge < -0.3 is 0 Å². The molecule has 10 heteroatoms. The largest absolute Gasteiger partial charge is 0.416 e. The number of aromatic nitrogens is 2. The normalized spacial score (nSPS) is 12.3. The number of thiophene rings is 1. The van der Waals surface area contributed by atoms with Crippen molar-refractivity contribution >= 4 is 21.4 Å². The third kappa shape index (κ3) is 5.12. The third-order valence-corrected chi connectivity index (χ3v) is 5.62. The topological polar surface area (TPSA) is 72.0 Å². The van der Waals surface area contributed by atoms with Crippen LogP contribution in [0.15, 0.2) is 53.5 Å². The maximum absolute atomic E-state index is 12.8. The predicted molar refractivity (Wildman–Crippen MR) is 96.3 cm³/mol. The molecule has 2 aromatic heterocycles. The summed E-state index contributed by atoms with van der Waals surface area (Å²) in [6, 6.07) is 6.10. The van der Waals surface area contributed by atoms with Crippen molar-refractivity contribution in [3.8, 4) is 11.3 Å². The van der Waals surface area contributed by atoms with Crippen molar-refractivity contribution in [3.63, 3.8) is 0 Å². The lowest BCUT2D eigenvalue weighted by Crippen LogP contribution is -2.25. The summed E-state index contributed by atoms with van der Waals surface area (Å²) < 4.78 is 65.3. The molecule has 0 saturated heterocycles. The number of hydrogen-bond acceptors (Lipinski definition) is 5. The van der Waals surface area contributed by atoms with Crippen LogP contribution >= 0.6 is 11.3 Å². The summed E-state index contributed by atoms with van der Waals surface area (Å²) in [6.07, 6.45) is -1.57. The summed E-state index contributed by atoms with van der Waals surface area (Å²) in [6.45, 7) is -0.111. The highest BCUT2D eigenvalue weighted by Gasteiger charge is 2.30. The van der Waals surface area contributed by atoms with Crippen LogP contribution < -0.4 is 4.72 Å². The summed E-state index contributed by atoms with van der Waals surface area (Å²) in [5, 5.41) is 3.73. The van der Waals surface area contributed by atoms with Crippen molar-refractivity contribution < 1.29 is 21.6 Å². The van der Waals surface area contributed by atoms with Gasteiger partial charge in [0.1, 0.15) is 0 Å². The fourth-order valence-corrected chi connectivity index (χ4v) is 4.14. The Morgan fingerprint density at radius 3 is 2.59 bits per heavy atom. The molecule has 3 aromatic rings. The van der Waals surface area contributed by atoms with Crippen molar-refractivity contribution in [2.75, 3.05) is 0 Å². The molecule has 3 rings (SSSR count). The van der Waals surface area contributed by atoms with Gasteiger partial charge in [-0.25, -0.2) is 13.1 Å². The van der Waals surface area contributed by atoms with Crippen LogP contribution in [0, 0.1) is 0 Å². The highest BCUT2D eigenvalue weighted by Crippen LogP contribution is 2.30. The number of hydrogen-bond donors (Lipinski definition) is 1. The average Bonchev–Trinajstić information content (AvgIpc) is 3.14. The van der Waals surface area contributed by atoms with Crippen molar-refractivity contribution in [1.29, 1.82) is 0 Å². The fraction of sp³-hybridized carbons (Fsp3) is 0.176. The van der Waals surface area contributed by atoms with E-state index in [0.29, 0.717) is 11.4 Å². The summed E-state index contributed by atoms with van der Waals surface area (Å²) in [4.78, 5) is 8.39. The summed E-state index contributed by atoms with van der Waals surface area (Å²) >= 11 is 1.47. The molecule has 0 fully saturated rings. The van der Waals surface area contributed by atoms with Crippen LogP contribution in [-0.4, -0.2) is 18.4 Å². The summed E-state index contributed by atoms with van der Waals surface area (Å²) in [5.74, 6) is -0.565. The average molecular weight is 413 g/mol. The minimum absolute atomic E-state index is 0.0505. The Morgan fingerprint density at radius 2 is 1.89 bits per heavy atom. The van der Waals surface area contributed by atoms with E-state index in [9.17, 15) is 21.6 Å². The van der Waals surface area contributed by atoms with Gasteiger partial charge in [0.05, 0.1) is 29.2 Å². The number of alkyl halides is 3. The van der Waals surface area contributed by atoms with Gasteiger partial charge in [-0.3, -0.25) is 9.97 Å². The standard InChI is InChI=1S/C17H14F3N3O2S2/c18-17(19,20)14-3-1-2-12(8-14)11-27(24,25)23-9-15-16(22-6-5-21-15)13-4-7-26-10-13/h1-8,10,23H,9,11H2. The zero-order chi connectivity index (χ0) is 19.5. The van der Waals surface area contributed by atoms with Gasteiger partial charge in [-0.15, -0.1) is 0 Å². The van der Waals surface area contributed by atoms with E-state index < -0.39 is 27.5 Å². The molecule has 1 N–H and O–H groups in total. The Hall–Kier alpha value is -2.30. The monoisotopic (exact) mass is 413 g/mol. The number of nitrogens with one attached hydrogen (secondary N) is 1. The highest BCUT2D eigenvalue weighted by molar-refractivity contribution is 7.88. The first kappa shape index (κ1) is 19.5. The van der Waals surface area contributed by atoms with Crippen LogP contribution in [0.3, 0.4) is 0 Å². The SMILES string of the molecule is O=S(=O)(Cc1cccc(C(F)(F)F)c1)NCc1nccnc1-c1ccsc1. The molecule has 2 heterocycles. The second-order valence-electron chi connectivity index (χ2n) is 5.64. The van der Waals surface area contributed by atoms with Crippen LogP contribution in [0.5, 0.6) is 0 Å². The second-order valence-corrected chi connectivity index (χ2v) is 8.23. The van der Waals surface area contributed by atoms with E-state index in [4.69, 9.17) is 0 Å². The second kappa shape index (κ2) is 7.75. The van der Waals surface area contributed by atoms with E-state index in [0.717, 1.165) is 17.7 Å². The first-order valence-electron chi connectivity index (χ1n) is 7.70. The van der Waals surface area contributed by atoms with Gasteiger partial charge in [0, 0.05) is 23.3 Å². The van der Waals surface area contributed by atoms with Gasteiger partial charge in [-0.05, 0) is 23.1 Å². The molecule has 0 unspecified atom stereocenters. The molecule has 0 aliphatic rings. The van der Waals surface area contributed by atoms with E-state index >= 15 is 0 Å². The summed E-state index contributed by atoms with van der Waals surface area (Å²) in [5.41, 5.74) is 0.975. The molecule has 0 aliphatic carbocycles. The molecule has 27 heavy (non-hydrogen) atoms. The van der Waals surface area contributed by atoms with Gasteiger partial charge in [0.2, 0.25) is 10.0 Å². The molecule has 142 valence electrons. The third-order valence-electron chi connectivity index (χ3n) is 3.64. The lowest BCUT2D eigenvalue weighted by Gasteiger charge is -2.11. The van der Waals surface area contributed by atoms with Gasteiger partial charge >= 0.3 is 6.18 Å².